The molecule has 1 aromatic carbocycles. The number of nitrogen functional groups attached to an aromatic ring is 1. The molecule has 3 rings (SSSR count). The van der Waals surface area contributed by atoms with Gasteiger partial charge in [0.2, 0.25) is 5.88 Å². The molecule has 2 heterocycles. The van der Waals surface area contributed by atoms with Crippen LogP contribution in [-0.4, -0.2) is 26.2 Å². The summed E-state index contributed by atoms with van der Waals surface area (Å²) in [5, 5.41) is 9.74. The van der Waals surface area contributed by atoms with Crippen molar-refractivity contribution in [3.63, 3.8) is 0 Å². The second-order valence-electron chi connectivity index (χ2n) is 4.22. The summed E-state index contributed by atoms with van der Waals surface area (Å²) in [7, 11) is 1.63. The highest BCUT2D eigenvalue weighted by Crippen LogP contribution is 2.38. The first-order valence-electron chi connectivity index (χ1n) is 5.82. The molecule has 10 heteroatoms. The molecule has 2 unspecified atom stereocenters. The number of ether oxygens (including phenoxy) is 1. The lowest BCUT2D eigenvalue weighted by Gasteiger charge is -2.05. The zero-order chi connectivity index (χ0) is 15.0. The molecule has 0 spiro atoms. The van der Waals surface area contributed by atoms with Gasteiger partial charge in [0, 0.05) is 17.3 Å². The van der Waals surface area contributed by atoms with Gasteiger partial charge in [0.25, 0.3) is 0 Å². The van der Waals surface area contributed by atoms with E-state index in [2.05, 4.69) is 60.3 Å². The van der Waals surface area contributed by atoms with E-state index in [9.17, 15) is 0 Å². The van der Waals surface area contributed by atoms with E-state index in [1.54, 1.807) is 7.11 Å². The second-order valence-corrected chi connectivity index (χ2v) is 8.33. The molecule has 0 fully saturated rings. The van der Waals surface area contributed by atoms with Gasteiger partial charge in [-0.25, -0.2) is 8.90 Å². The molecule has 2 aromatic heterocycles. The van der Waals surface area contributed by atoms with Gasteiger partial charge >= 0.3 is 0 Å². The lowest BCUT2D eigenvalue weighted by Crippen LogP contribution is -1.91. The fourth-order valence-corrected chi connectivity index (χ4v) is 4.71. The zero-order valence-corrected chi connectivity index (χ0v) is 17.2. The molecule has 0 radical (unpaired) electrons. The van der Waals surface area contributed by atoms with Crippen molar-refractivity contribution >= 4 is 73.4 Å². The first-order chi connectivity index (χ1) is 10.2. The molecular weight excluding hydrogens is 534 g/mol. The van der Waals surface area contributed by atoms with Crippen LogP contribution in [0, 0.1) is 0 Å². The smallest absolute Gasteiger partial charge is 0.240 e. The summed E-state index contributed by atoms with van der Waals surface area (Å²) in [4.78, 5) is 0. The summed E-state index contributed by atoms with van der Waals surface area (Å²) in [6.07, 6.45) is 4.85. The molecule has 2 atom stereocenters. The Labute approximate surface area is 150 Å². The Hall–Kier alpha value is -0.180. The fraction of sp³-hybridized carbons (Fsp3) is 0.0909. The highest BCUT2D eigenvalue weighted by atomic mass is 127. The summed E-state index contributed by atoms with van der Waals surface area (Å²) in [6, 6.07) is 4.04. The number of benzene rings is 1. The van der Waals surface area contributed by atoms with Gasteiger partial charge in [-0.1, -0.05) is 0 Å². The van der Waals surface area contributed by atoms with E-state index in [0.29, 0.717) is 18.6 Å². The van der Waals surface area contributed by atoms with Crippen molar-refractivity contribution in [2.45, 2.75) is 0 Å². The van der Waals surface area contributed by atoms with Crippen LogP contribution in [0.5, 0.6) is 5.88 Å². The standard InChI is InChI=1S/C11H11I2N5OP2/c1-19-11-8(5-17(16-11)20-12)6-2-9(14)7-4-15-18(21-13)10(7)3-6/h2-5,20-21H,14H2,1H3. The Morgan fingerprint density at radius 3 is 2.76 bits per heavy atom. The molecule has 0 aliphatic rings. The normalized spacial score (nSPS) is 12.3. The van der Waals surface area contributed by atoms with Crippen molar-refractivity contribution in [2.24, 2.45) is 0 Å². The van der Waals surface area contributed by atoms with Crippen molar-refractivity contribution in [3.05, 3.63) is 24.5 Å². The minimum Gasteiger partial charge on any atom is -0.479 e. The summed E-state index contributed by atoms with van der Waals surface area (Å²) < 4.78 is 9.20. The Kier molecular flexibility index (Phi) is 4.87. The third-order valence-electron chi connectivity index (χ3n) is 3.07. The minimum atomic E-state index is 0.524. The summed E-state index contributed by atoms with van der Waals surface area (Å²) in [5.41, 5.74) is 9.86. The molecule has 0 saturated carbocycles. The molecule has 3 aromatic rings. The summed E-state index contributed by atoms with van der Waals surface area (Å²) >= 11 is 4.59. The number of hydrogen-bond donors (Lipinski definition) is 1. The maximum absolute atomic E-state index is 6.17. The second kappa shape index (κ2) is 6.52. The Bertz CT molecular complexity index is 803. The van der Waals surface area contributed by atoms with Gasteiger partial charge in [0.1, 0.15) is 0 Å². The number of nitrogens with two attached hydrogens (primary N) is 1. The minimum absolute atomic E-state index is 0.524. The number of rotatable bonds is 4. The number of aromatic nitrogens is 4. The fourth-order valence-electron chi connectivity index (χ4n) is 2.13. The van der Waals surface area contributed by atoms with Crippen LogP contribution in [-0.2, 0) is 0 Å². The third-order valence-corrected chi connectivity index (χ3v) is 6.84. The van der Waals surface area contributed by atoms with E-state index < -0.39 is 0 Å². The van der Waals surface area contributed by atoms with Gasteiger partial charge in [-0.3, -0.25) is 0 Å². The molecule has 0 aliphatic carbocycles. The van der Waals surface area contributed by atoms with Gasteiger partial charge in [0.05, 0.1) is 37.1 Å². The molecule has 6 nitrogen and oxygen atoms in total. The van der Waals surface area contributed by atoms with Crippen LogP contribution in [0.3, 0.4) is 0 Å². The molecule has 0 saturated heterocycles. The van der Waals surface area contributed by atoms with Crippen LogP contribution in [0.4, 0.5) is 5.69 Å². The van der Waals surface area contributed by atoms with E-state index in [0.717, 1.165) is 27.7 Å². The molecule has 2 N–H and O–H groups in total. The quantitative estimate of drug-likeness (QED) is 0.305. The number of fused-ring (bicyclic) bond motifs is 1. The molecule has 0 aliphatic heterocycles. The number of nitrogens with zero attached hydrogens (tertiary/aromatic N) is 4. The Balaban J connectivity index is 2.22. The van der Waals surface area contributed by atoms with Gasteiger partial charge < -0.3 is 10.5 Å². The lowest BCUT2D eigenvalue weighted by molar-refractivity contribution is 0.397. The van der Waals surface area contributed by atoms with Gasteiger partial charge in [-0.2, -0.15) is 5.10 Å². The van der Waals surface area contributed by atoms with Crippen LogP contribution in [0.2, 0.25) is 0 Å². The predicted molar refractivity (Wildman–Crippen MR) is 107 cm³/mol. The summed E-state index contributed by atoms with van der Waals surface area (Å²) in [5.74, 6) is 0.612. The van der Waals surface area contributed by atoms with Crippen molar-refractivity contribution < 1.29 is 4.74 Å². The van der Waals surface area contributed by atoms with E-state index in [4.69, 9.17) is 10.5 Å². The Morgan fingerprint density at radius 1 is 1.29 bits per heavy atom. The molecular formula is C11H11I2N5OP2. The van der Waals surface area contributed by atoms with Crippen molar-refractivity contribution in [3.8, 4) is 17.0 Å². The van der Waals surface area contributed by atoms with Crippen LogP contribution in [0.15, 0.2) is 24.5 Å². The summed E-state index contributed by atoms with van der Waals surface area (Å²) in [6.45, 7) is 0. The van der Waals surface area contributed by atoms with E-state index in [1.165, 1.54) is 0 Å². The average Bonchev–Trinajstić information content (AvgIpc) is 3.10. The van der Waals surface area contributed by atoms with Crippen LogP contribution < -0.4 is 10.5 Å². The first kappa shape index (κ1) is 15.7. The van der Waals surface area contributed by atoms with Gasteiger partial charge in [0.15, 0.2) is 0 Å². The molecule has 110 valence electrons. The molecule has 0 bridgehead atoms. The SMILES string of the molecule is COc1nn(PI)cc1-c1cc(N)c2cnn(PI)c2c1. The van der Waals surface area contributed by atoms with Crippen LogP contribution in [0.25, 0.3) is 22.0 Å². The van der Waals surface area contributed by atoms with Crippen LogP contribution >= 0.6 is 56.8 Å². The number of hydrogen-bond acceptors (Lipinski definition) is 4. The number of anilines is 1. The number of halogens is 2. The number of methoxy groups -OCH3 is 1. The Morgan fingerprint density at radius 2 is 2.10 bits per heavy atom. The van der Waals surface area contributed by atoms with Gasteiger partial charge in [-0.05, 0) is 61.8 Å². The highest BCUT2D eigenvalue weighted by Gasteiger charge is 2.15. The monoisotopic (exact) mass is 545 g/mol. The maximum Gasteiger partial charge on any atom is 0.240 e. The van der Waals surface area contributed by atoms with E-state index in [1.807, 2.05) is 27.4 Å². The van der Waals surface area contributed by atoms with Gasteiger partial charge in [-0.15, -0.1) is 5.10 Å². The molecule has 21 heavy (non-hydrogen) atoms. The average molecular weight is 545 g/mol. The van der Waals surface area contributed by atoms with E-state index >= 15 is 0 Å². The van der Waals surface area contributed by atoms with Crippen molar-refractivity contribution in [2.75, 3.05) is 12.8 Å². The lowest BCUT2D eigenvalue weighted by atomic mass is 10.1. The molecule has 0 amide bonds. The van der Waals surface area contributed by atoms with Crippen LogP contribution in [0.1, 0.15) is 0 Å². The largest absolute Gasteiger partial charge is 0.479 e. The maximum atomic E-state index is 6.17. The first-order valence-corrected chi connectivity index (χ1v) is 13.9. The topological polar surface area (TPSA) is 70.9 Å². The zero-order valence-electron chi connectivity index (χ0n) is 10.8. The van der Waals surface area contributed by atoms with E-state index in [-0.39, 0.29) is 0 Å². The highest BCUT2D eigenvalue weighted by molar-refractivity contribution is 14.2. The van der Waals surface area contributed by atoms with Crippen molar-refractivity contribution in [1.82, 2.24) is 19.1 Å². The van der Waals surface area contributed by atoms with Crippen molar-refractivity contribution in [1.29, 1.82) is 0 Å². The predicted octanol–water partition coefficient (Wildman–Crippen LogP) is 4.07. The third kappa shape index (κ3) is 2.87.